The highest BCUT2D eigenvalue weighted by Crippen LogP contribution is 2.30. The van der Waals surface area contributed by atoms with E-state index in [2.05, 4.69) is 5.32 Å². The summed E-state index contributed by atoms with van der Waals surface area (Å²) in [4.78, 5) is 0. The predicted octanol–water partition coefficient (Wildman–Crippen LogP) is -0.0745. The number of nitrogens with one attached hydrogen (secondary N) is 1. The summed E-state index contributed by atoms with van der Waals surface area (Å²) in [7, 11) is -2.73. The van der Waals surface area contributed by atoms with Gasteiger partial charge in [-0.25, -0.2) is 8.42 Å². The van der Waals surface area contributed by atoms with Gasteiger partial charge in [-0.05, 0) is 25.8 Å². The van der Waals surface area contributed by atoms with Crippen molar-refractivity contribution < 1.29 is 8.42 Å². The fourth-order valence-electron chi connectivity index (χ4n) is 2.03. The molecule has 4 heteroatoms. The maximum absolute atomic E-state index is 11.6. The van der Waals surface area contributed by atoms with E-state index in [1.54, 1.807) is 0 Å². The fraction of sp³-hybridized carbons (Fsp3) is 1.00. The van der Waals surface area contributed by atoms with Gasteiger partial charge in [-0.2, -0.15) is 0 Å². The van der Waals surface area contributed by atoms with Gasteiger partial charge in [0.1, 0.15) is 0 Å². The lowest BCUT2D eigenvalue weighted by Crippen LogP contribution is -2.27. The van der Waals surface area contributed by atoms with Crippen molar-refractivity contribution in [2.45, 2.75) is 29.8 Å². The quantitative estimate of drug-likeness (QED) is 0.560. The summed E-state index contributed by atoms with van der Waals surface area (Å²) in [6.07, 6.45) is 2.59. The highest BCUT2D eigenvalue weighted by Gasteiger charge is 2.41. The third kappa shape index (κ3) is 1.08. The minimum absolute atomic E-state index is 0.0255. The lowest BCUT2D eigenvalue weighted by molar-refractivity contribution is 0.567. The van der Waals surface area contributed by atoms with E-state index in [1.165, 1.54) is 0 Å². The first kappa shape index (κ1) is 7.55. The molecule has 64 valence electrons. The molecule has 2 saturated heterocycles. The summed E-state index contributed by atoms with van der Waals surface area (Å²) in [6.45, 7) is 1.55. The summed E-state index contributed by atoms with van der Waals surface area (Å²) < 4.78 is 23.1. The Hall–Kier alpha value is -0.0900. The zero-order valence-corrected chi connectivity index (χ0v) is 7.23. The van der Waals surface area contributed by atoms with E-state index in [0.29, 0.717) is 6.54 Å². The Morgan fingerprint density at radius 1 is 1.09 bits per heavy atom. The molecule has 2 heterocycles. The highest BCUT2D eigenvalue weighted by molar-refractivity contribution is 7.93. The van der Waals surface area contributed by atoms with Gasteiger partial charge < -0.3 is 5.32 Å². The first-order valence-electron chi connectivity index (χ1n) is 4.14. The molecule has 2 bridgehead atoms. The van der Waals surface area contributed by atoms with Gasteiger partial charge in [0.25, 0.3) is 0 Å². The summed E-state index contributed by atoms with van der Waals surface area (Å²) >= 11 is 0. The van der Waals surface area contributed by atoms with Gasteiger partial charge in [-0.1, -0.05) is 0 Å². The van der Waals surface area contributed by atoms with Crippen molar-refractivity contribution in [3.05, 3.63) is 0 Å². The van der Waals surface area contributed by atoms with Crippen LogP contribution >= 0.6 is 0 Å². The molecular formula is C7H13NO2S. The van der Waals surface area contributed by atoms with E-state index < -0.39 is 9.84 Å². The Morgan fingerprint density at radius 3 is 2.64 bits per heavy atom. The van der Waals surface area contributed by atoms with Crippen LogP contribution in [0.5, 0.6) is 0 Å². The standard InChI is InChI=1S/C7H13NO2S/c9-11(10)6-1-2-7(11)5-8-4-3-6/h6-8H,1-5H2. The molecule has 0 spiro atoms. The van der Waals surface area contributed by atoms with Crippen molar-refractivity contribution in [1.29, 1.82) is 0 Å². The molecule has 1 N–H and O–H groups in total. The molecule has 3 nitrogen and oxygen atoms in total. The van der Waals surface area contributed by atoms with Crippen LogP contribution in [-0.4, -0.2) is 32.0 Å². The van der Waals surface area contributed by atoms with E-state index in [1.807, 2.05) is 0 Å². The Balaban J connectivity index is 2.33. The lowest BCUT2D eigenvalue weighted by Gasteiger charge is -2.06. The fourth-order valence-corrected chi connectivity index (χ4v) is 4.30. The van der Waals surface area contributed by atoms with Crippen molar-refractivity contribution >= 4 is 9.84 Å². The molecule has 2 aliphatic heterocycles. The first-order valence-corrected chi connectivity index (χ1v) is 5.75. The lowest BCUT2D eigenvalue weighted by atomic mass is 10.1. The number of rotatable bonds is 0. The molecule has 0 aromatic carbocycles. The summed E-state index contributed by atoms with van der Waals surface area (Å²) in [6, 6.07) is 0. The van der Waals surface area contributed by atoms with E-state index in [4.69, 9.17) is 0 Å². The molecule has 2 atom stereocenters. The minimum Gasteiger partial charge on any atom is -0.315 e. The minimum atomic E-state index is -2.73. The number of hydrogen-bond donors (Lipinski definition) is 1. The van der Waals surface area contributed by atoms with Crippen LogP contribution < -0.4 is 5.32 Å². The van der Waals surface area contributed by atoms with Crippen LogP contribution in [0, 0.1) is 0 Å². The van der Waals surface area contributed by atoms with E-state index in [-0.39, 0.29) is 10.5 Å². The molecular weight excluding hydrogens is 162 g/mol. The van der Waals surface area contributed by atoms with Crippen LogP contribution in [0.1, 0.15) is 19.3 Å². The molecule has 0 amide bonds. The van der Waals surface area contributed by atoms with Gasteiger partial charge in [-0.15, -0.1) is 0 Å². The topological polar surface area (TPSA) is 46.2 Å². The van der Waals surface area contributed by atoms with Crippen molar-refractivity contribution in [2.75, 3.05) is 13.1 Å². The molecule has 0 aliphatic carbocycles. The molecule has 2 unspecified atom stereocenters. The molecule has 0 radical (unpaired) electrons. The summed E-state index contributed by atoms with van der Waals surface area (Å²) in [5.74, 6) is 0. The second-order valence-electron chi connectivity index (χ2n) is 3.40. The van der Waals surface area contributed by atoms with Gasteiger partial charge >= 0.3 is 0 Å². The molecule has 0 saturated carbocycles. The summed E-state index contributed by atoms with van der Waals surface area (Å²) in [5, 5.41) is 3.06. The zero-order valence-electron chi connectivity index (χ0n) is 6.41. The van der Waals surface area contributed by atoms with Crippen LogP contribution in [0.4, 0.5) is 0 Å². The van der Waals surface area contributed by atoms with Gasteiger partial charge in [0.2, 0.25) is 0 Å². The van der Waals surface area contributed by atoms with Crippen molar-refractivity contribution in [3.8, 4) is 0 Å². The van der Waals surface area contributed by atoms with Gasteiger partial charge in [-0.3, -0.25) is 0 Å². The van der Waals surface area contributed by atoms with Crippen LogP contribution in [0.3, 0.4) is 0 Å². The highest BCUT2D eigenvalue weighted by atomic mass is 32.2. The number of hydrogen-bond acceptors (Lipinski definition) is 3. The van der Waals surface area contributed by atoms with Gasteiger partial charge in [0.05, 0.1) is 10.5 Å². The van der Waals surface area contributed by atoms with Gasteiger partial charge in [0, 0.05) is 6.54 Å². The second kappa shape index (κ2) is 2.45. The SMILES string of the molecule is O=S1(=O)C2CCNCC1CC2. The van der Waals surface area contributed by atoms with Crippen molar-refractivity contribution in [1.82, 2.24) is 5.32 Å². The molecule has 2 fully saturated rings. The Kier molecular flexibility index (Phi) is 1.68. The molecule has 2 aliphatic rings. The predicted molar refractivity (Wildman–Crippen MR) is 43.2 cm³/mol. The Bertz CT molecular complexity index is 227. The van der Waals surface area contributed by atoms with Crippen molar-refractivity contribution in [3.63, 3.8) is 0 Å². The number of sulfone groups is 1. The average molecular weight is 175 g/mol. The monoisotopic (exact) mass is 175 g/mol. The number of fused-ring (bicyclic) bond motifs is 2. The van der Waals surface area contributed by atoms with Crippen LogP contribution in [0.2, 0.25) is 0 Å². The molecule has 2 rings (SSSR count). The smallest absolute Gasteiger partial charge is 0.157 e. The second-order valence-corrected chi connectivity index (χ2v) is 5.91. The van der Waals surface area contributed by atoms with Crippen LogP contribution in [0.15, 0.2) is 0 Å². The van der Waals surface area contributed by atoms with E-state index >= 15 is 0 Å². The third-order valence-corrected chi connectivity index (χ3v) is 5.49. The van der Waals surface area contributed by atoms with Crippen LogP contribution in [-0.2, 0) is 9.84 Å². The normalized spacial score (nSPS) is 41.8. The third-order valence-electron chi connectivity index (χ3n) is 2.75. The van der Waals surface area contributed by atoms with Crippen LogP contribution in [0.25, 0.3) is 0 Å². The maximum atomic E-state index is 11.6. The Morgan fingerprint density at radius 2 is 1.82 bits per heavy atom. The molecule has 11 heavy (non-hydrogen) atoms. The molecule has 0 aromatic rings. The summed E-state index contributed by atoms with van der Waals surface area (Å²) in [5.41, 5.74) is 0. The Labute approximate surface area is 67.1 Å². The first-order chi connectivity index (χ1) is 5.21. The average Bonchev–Trinajstić information content (AvgIpc) is 2.00. The van der Waals surface area contributed by atoms with Crippen molar-refractivity contribution in [2.24, 2.45) is 0 Å². The van der Waals surface area contributed by atoms with E-state index in [9.17, 15) is 8.42 Å². The zero-order chi connectivity index (χ0) is 7.90. The van der Waals surface area contributed by atoms with E-state index in [0.717, 1.165) is 25.8 Å². The maximum Gasteiger partial charge on any atom is 0.157 e. The largest absolute Gasteiger partial charge is 0.315 e. The van der Waals surface area contributed by atoms with Gasteiger partial charge in [0.15, 0.2) is 9.84 Å². The molecule has 0 aromatic heterocycles.